The molecule has 0 aromatic rings. The smallest absolute Gasteiger partial charge is 0.0690 e. The predicted octanol–water partition coefficient (Wildman–Crippen LogP) is 2.71. The predicted molar refractivity (Wildman–Crippen MR) is 65.1 cm³/mol. The van der Waals surface area contributed by atoms with Crippen molar-refractivity contribution in [3.05, 3.63) is 0 Å². The highest BCUT2D eigenvalue weighted by Gasteiger charge is 2.51. The molecule has 0 spiro atoms. The first-order valence-electron chi connectivity index (χ1n) is 7.05. The number of hydrogen-bond donors (Lipinski definition) is 1. The summed E-state index contributed by atoms with van der Waals surface area (Å²) >= 11 is 0. The van der Waals surface area contributed by atoms with E-state index in [1.807, 2.05) is 0 Å². The molecule has 0 amide bonds. The summed E-state index contributed by atoms with van der Waals surface area (Å²) in [4.78, 5) is 0. The minimum Gasteiger partial charge on any atom is -0.375 e. The Kier molecular flexibility index (Phi) is 2.75. The molecule has 4 aliphatic carbocycles. The van der Waals surface area contributed by atoms with Crippen LogP contribution in [0.1, 0.15) is 51.9 Å². The molecule has 0 aromatic carbocycles. The fourth-order valence-corrected chi connectivity index (χ4v) is 4.67. The lowest BCUT2D eigenvalue weighted by atomic mass is 9.54. The van der Waals surface area contributed by atoms with Gasteiger partial charge >= 0.3 is 0 Å². The standard InChI is InChI=1S/C14H25NO/c1-10(15)2-3-16-14-7-11-4-12(8-14)6-13(5-11)9-14/h10-13H,2-9,15H2,1H3. The largest absolute Gasteiger partial charge is 0.375 e. The van der Waals surface area contributed by atoms with Crippen molar-refractivity contribution in [3.8, 4) is 0 Å². The minimum absolute atomic E-state index is 0.281. The van der Waals surface area contributed by atoms with Crippen LogP contribution in [-0.2, 0) is 4.74 Å². The van der Waals surface area contributed by atoms with Crippen molar-refractivity contribution < 1.29 is 4.74 Å². The van der Waals surface area contributed by atoms with Crippen LogP contribution in [0.15, 0.2) is 0 Å². The zero-order valence-electron chi connectivity index (χ0n) is 10.5. The Morgan fingerprint density at radius 1 is 1.12 bits per heavy atom. The van der Waals surface area contributed by atoms with Crippen LogP contribution in [0.4, 0.5) is 0 Å². The topological polar surface area (TPSA) is 35.2 Å². The van der Waals surface area contributed by atoms with E-state index in [0.717, 1.165) is 30.8 Å². The van der Waals surface area contributed by atoms with E-state index >= 15 is 0 Å². The van der Waals surface area contributed by atoms with Crippen LogP contribution in [0.25, 0.3) is 0 Å². The molecule has 4 saturated carbocycles. The van der Waals surface area contributed by atoms with Gasteiger partial charge in [0, 0.05) is 12.6 Å². The van der Waals surface area contributed by atoms with Gasteiger partial charge in [-0.3, -0.25) is 0 Å². The Labute approximate surface area is 98.9 Å². The highest BCUT2D eigenvalue weighted by molar-refractivity contribution is 5.03. The van der Waals surface area contributed by atoms with Crippen LogP contribution in [0.3, 0.4) is 0 Å². The first-order chi connectivity index (χ1) is 7.65. The normalized spacial score (nSPS) is 47.2. The Bertz CT molecular complexity index is 226. The first-order valence-corrected chi connectivity index (χ1v) is 7.05. The molecule has 4 fully saturated rings. The molecule has 0 saturated heterocycles. The lowest BCUT2D eigenvalue weighted by Crippen LogP contribution is -2.52. The Hall–Kier alpha value is -0.0800. The van der Waals surface area contributed by atoms with Crippen LogP contribution in [0, 0.1) is 17.8 Å². The number of hydrogen-bond acceptors (Lipinski definition) is 2. The summed E-state index contributed by atoms with van der Waals surface area (Å²) in [6.07, 6.45) is 9.54. The van der Waals surface area contributed by atoms with E-state index in [9.17, 15) is 0 Å². The summed E-state index contributed by atoms with van der Waals surface area (Å²) in [6, 6.07) is 0.286. The zero-order valence-corrected chi connectivity index (χ0v) is 10.5. The number of nitrogens with two attached hydrogens (primary N) is 1. The van der Waals surface area contributed by atoms with Crippen LogP contribution >= 0.6 is 0 Å². The van der Waals surface area contributed by atoms with Gasteiger partial charge in [-0.15, -0.1) is 0 Å². The van der Waals surface area contributed by atoms with Crippen LogP contribution in [-0.4, -0.2) is 18.2 Å². The van der Waals surface area contributed by atoms with E-state index in [4.69, 9.17) is 10.5 Å². The van der Waals surface area contributed by atoms with E-state index < -0.39 is 0 Å². The fraction of sp³-hybridized carbons (Fsp3) is 1.00. The molecule has 0 radical (unpaired) electrons. The molecule has 4 rings (SSSR count). The maximum atomic E-state index is 6.27. The lowest BCUT2D eigenvalue weighted by molar-refractivity contribution is -0.163. The zero-order chi connectivity index (χ0) is 11.2. The van der Waals surface area contributed by atoms with Gasteiger partial charge in [-0.05, 0) is 69.6 Å². The molecule has 1 atom stereocenters. The van der Waals surface area contributed by atoms with Gasteiger partial charge in [0.05, 0.1) is 5.60 Å². The maximum Gasteiger partial charge on any atom is 0.0690 e. The summed E-state index contributed by atoms with van der Waals surface area (Å²) in [6.45, 7) is 2.95. The van der Waals surface area contributed by atoms with Crippen molar-refractivity contribution in [2.75, 3.05) is 6.61 Å². The molecule has 2 heteroatoms. The second-order valence-electron chi connectivity index (χ2n) is 6.71. The molecule has 16 heavy (non-hydrogen) atoms. The van der Waals surface area contributed by atoms with Crippen LogP contribution in [0.5, 0.6) is 0 Å². The van der Waals surface area contributed by atoms with Gasteiger partial charge in [0.25, 0.3) is 0 Å². The molecule has 4 bridgehead atoms. The third-order valence-corrected chi connectivity index (χ3v) is 4.96. The van der Waals surface area contributed by atoms with Gasteiger partial charge in [0.15, 0.2) is 0 Å². The minimum atomic E-state index is 0.281. The van der Waals surface area contributed by atoms with E-state index in [2.05, 4.69) is 6.92 Å². The van der Waals surface area contributed by atoms with Gasteiger partial charge in [-0.2, -0.15) is 0 Å². The second kappa shape index (κ2) is 3.99. The molecule has 4 aliphatic rings. The molecular formula is C14H25NO. The molecule has 92 valence electrons. The second-order valence-corrected chi connectivity index (χ2v) is 6.71. The highest BCUT2D eigenvalue weighted by Crippen LogP contribution is 2.57. The summed E-state index contributed by atoms with van der Waals surface area (Å²) in [5, 5.41) is 0. The molecular weight excluding hydrogens is 198 g/mol. The maximum absolute atomic E-state index is 6.27. The van der Waals surface area contributed by atoms with Crippen molar-refractivity contribution >= 4 is 0 Å². The van der Waals surface area contributed by atoms with Crippen molar-refractivity contribution in [2.45, 2.75) is 63.5 Å². The fourth-order valence-electron chi connectivity index (χ4n) is 4.67. The van der Waals surface area contributed by atoms with Crippen LogP contribution in [0.2, 0.25) is 0 Å². The summed E-state index contributed by atoms with van der Waals surface area (Å²) in [7, 11) is 0. The third-order valence-electron chi connectivity index (χ3n) is 4.96. The van der Waals surface area contributed by atoms with E-state index in [0.29, 0.717) is 0 Å². The number of rotatable bonds is 4. The first kappa shape index (κ1) is 11.0. The molecule has 0 aliphatic heterocycles. The molecule has 2 N–H and O–H groups in total. The lowest BCUT2D eigenvalue weighted by Gasteiger charge is -2.56. The average molecular weight is 223 g/mol. The molecule has 1 unspecified atom stereocenters. The summed E-state index contributed by atoms with van der Waals surface area (Å²) in [5.74, 6) is 2.96. The van der Waals surface area contributed by atoms with E-state index in [1.165, 1.54) is 38.5 Å². The van der Waals surface area contributed by atoms with Crippen LogP contribution < -0.4 is 5.73 Å². The van der Waals surface area contributed by atoms with E-state index in [1.54, 1.807) is 0 Å². The monoisotopic (exact) mass is 223 g/mol. The summed E-state index contributed by atoms with van der Waals surface area (Å²) in [5.41, 5.74) is 6.07. The van der Waals surface area contributed by atoms with Crippen molar-refractivity contribution in [3.63, 3.8) is 0 Å². The molecule has 0 heterocycles. The molecule has 0 aromatic heterocycles. The van der Waals surface area contributed by atoms with Gasteiger partial charge in [0.1, 0.15) is 0 Å². The Morgan fingerprint density at radius 2 is 1.62 bits per heavy atom. The number of ether oxygens (including phenoxy) is 1. The average Bonchev–Trinajstić information content (AvgIpc) is 2.13. The third kappa shape index (κ3) is 2.02. The van der Waals surface area contributed by atoms with Crippen molar-refractivity contribution in [2.24, 2.45) is 23.5 Å². The summed E-state index contributed by atoms with van der Waals surface area (Å²) < 4.78 is 6.27. The van der Waals surface area contributed by atoms with Gasteiger partial charge in [-0.1, -0.05) is 0 Å². The van der Waals surface area contributed by atoms with Crippen molar-refractivity contribution in [1.29, 1.82) is 0 Å². The SMILES string of the molecule is CC(N)CCOC12CC3CC(CC(C3)C1)C2. The van der Waals surface area contributed by atoms with Gasteiger partial charge in [-0.25, -0.2) is 0 Å². The van der Waals surface area contributed by atoms with E-state index in [-0.39, 0.29) is 11.6 Å². The van der Waals surface area contributed by atoms with Gasteiger partial charge in [0.2, 0.25) is 0 Å². The Balaban J connectivity index is 1.60. The van der Waals surface area contributed by atoms with Crippen molar-refractivity contribution in [1.82, 2.24) is 0 Å². The van der Waals surface area contributed by atoms with Gasteiger partial charge < -0.3 is 10.5 Å². The molecule has 2 nitrogen and oxygen atoms in total. The highest BCUT2D eigenvalue weighted by atomic mass is 16.5. The Morgan fingerprint density at radius 3 is 2.06 bits per heavy atom. The quantitative estimate of drug-likeness (QED) is 0.795.